The quantitative estimate of drug-likeness (QED) is 0.686. The molecule has 0 aromatic rings. The first kappa shape index (κ1) is 14.8. The molecule has 2 heterocycles. The van der Waals surface area contributed by atoms with Gasteiger partial charge in [-0.2, -0.15) is 0 Å². The van der Waals surface area contributed by atoms with Crippen LogP contribution in [0.3, 0.4) is 0 Å². The van der Waals surface area contributed by atoms with E-state index in [1.165, 1.54) is 0 Å². The Morgan fingerprint density at radius 2 is 2.32 bits per heavy atom. The summed E-state index contributed by atoms with van der Waals surface area (Å²) in [5.41, 5.74) is 0. The SMILES string of the molecule is CC(C)C1OCCCC1CNC(=O)C1CC(O)CN1. The molecule has 110 valence electrons. The van der Waals surface area contributed by atoms with Gasteiger partial charge in [-0.3, -0.25) is 4.79 Å². The second kappa shape index (κ2) is 6.68. The molecule has 2 saturated heterocycles. The number of carbonyl (C=O) groups excluding carboxylic acids is 1. The minimum Gasteiger partial charge on any atom is -0.392 e. The summed E-state index contributed by atoms with van der Waals surface area (Å²) < 4.78 is 5.82. The lowest BCUT2D eigenvalue weighted by Crippen LogP contribution is -2.46. The Bertz CT molecular complexity index is 309. The summed E-state index contributed by atoms with van der Waals surface area (Å²) >= 11 is 0. The number of aliphatic hydroxyl groups is 1. The molecular weight excluding hydrogens is 244 g/mol. The molecule has 1 amide bonds. The predicted molar refractivity (Wildman–Crippen MR) is 72.7 cm³/mol. The summed E-state index contributed by atoms with van der Waals surface area (Å²) in [6, 6.07) is -0.239. The van der Waals surface area contributed by atoms with Crippen LogP contribution in [-0.2, 0) is 9.53 Å². The molecule has 5 heteroatoms. The van der Waals surface area contributed by atoms with E-state index in [-0.39, 0.29) is 18.1 Å². The van der Waals surface area contributed by atoms with Gasteiger partial charge in [-0.25, -0.2) is 0 Å². The third-order valence-electron chi connectivity index (χ3n) is 4.11. The zero-order chi connectivity index (χ0) is 13.8. The van der Waals surface area contributed by atoms with E-state index in [1.807, 2.05) is 0 Å². The van der Waals surface area contributed by atoms with Crippen molar-refractivity contribution in [2.24, 2.45) is 11.8 Å². The molecule has 2 aliphatic heterocycles. The minimum atomic E-state index is -0.392. The van der Waals surface area contributed by atoms with E-state index in [0.717, 1.165) is 19.4 Å². The van der Waals surface area contributed by atoms with Gasteiger partial charge in [0.15, 0.2) is 0 Å². The van der Waals surface area contributed by atoms with Crippen LogP contribution in [0.2, 0.25) is 0 Å². The second-order valence-electron chi connectivity index (χ2n) is 6.08. The summed E-state index contributed by atoms with van der Waals surface area (Å²) in [4.78, 5) is 12.0. The van der Waals surface area contributed by atoms with E-state index in [0.29, 0.717) is 31.3 Å². The van der Waals surface area contributed by atoms with Crippen LogP contribution in [0.5, 0.6) is 0 Å². The molecule has 0 aromatic carbocycles. The number of amides is 1. The van der Waals surface area contributed by atoms with E-state index in [2.05, 4.69) is 24.5 Å². The maximum atomic E-state index is 12.0. The van der Waals surface area contributed by atoms with Gasteiger partial charge < -0.3 is 20.5 Å². The Balaban J connectivity index is 1.78. The summed E-state index contributed by atoms with van der Waals surface area (Å²) in [6.07, 6.45) is 2.56. The Kier molecular flexibility index (Phi) is 5.19. The highest BCUT2D eigenvalue weighted by molar-refractivity contribution is 5.82. The number of carbonyl (C=O) groups is 1. The molecule has 0 bridgehead atoms. The standard InChI is InChI=1S/C14H26N2O3/c1-9(2)13-10(4-3-5-19-13)7-16-14(18)12-6-11(17)8-15-12/h9-13,15,17H,3-8H2,1-2H3,(H,16,18). The van der Waals surface area contributed by atoms with E-state index >= 15 is 0 Å². The highest BCUT2D eigenvalue weighted by Crippen LogP contribution is 2.25. The number of aliphatic hydroxyl groups excluding tert-OH is 1. The predicted octanol–water partition coefficient (Wildman–Crippen LogP) is 0.277. The molecular formula is C14H26N2O3. The number of rotatable bonds is 4. The Labute approximate surface area is 115 Å². The minimum absolute atomic E-state index is 0.00429. The van der Waals surface area contributed by atoms with E-state index in [4.69, 9.17) is 4.74 Å². The van der Waals surface area contributed by atoms with Crippen LogP contribution in [-0.4, -0.2) is 49.0 Å². The monoisotopic (exact) mass is 270 g/mol. The Morgan fingerprint density at radius 3 is 2.95 bits per heavy atom. The van der Waals surface area contributed by atoms with Crippen LogP contribution in [0.4, 0.5) is 0 Å². The van der Waals surface area contributed by atoms with Crippen LogP contribution in [0.15, 0.2) is 0 Å². The summed E-state index contributed by atoms with van der Waals surface area (Å²) in [6.45, 7) is 6.36. The Hall–Kier alpha value is -0.650. The normalized spacial score (nSPS) is 35.6. The average molecular weight is 270 g/mol. The summed E-state index contributed by atoms with van der Waals surface area (Å²) in [5.74, 6) is 0.891. The molecule has 2 rings (SSSR count). The van der Waals surface area contributed by atoms with E-state index in [9.17, 15) is 9.90 Å². The van der Waals surface area contributed by atoms with Crippen molar-refractivity contribution in [3.05, 3.63) is 0 Å². The highest BCUT2D eigenvalue weighted by atomic mass is 16.5. The van der Waals surface area contributed by atoms with Crippen molar-refractivity contribution in [3.63, 3.8) is 0 Å². The first-order valence-corrected chi connectivity index (χ1v) is 7.38. The zero-order valence-corrected chi connectivity index (χ0v) is 11.9. The lowest BCUT2D eigenvalue weighted by molar-refractivity contribution is -0.124. The van der Waals surface area contributed by atoms with Crippen molar-refractivity contribution in [3.8, 4) is 0 Å². The van der Waals surface area contributed by atoms with E-state index < -0.39 is 6.10 Å². The molecule has 4 unspecified atom stereocenters. The van der Waals surface area contributed by atoms with Crippen LogP contribution >= 0.6 is 0 Å². The highest BCUT2D eigenvalue weighted by Gasteiger charge is 2.31. The fraction of sp³-hybridized carbons (Fsp3) is 0.929. The number of nitrogens with one attached hydrogen (secondary N) is 2. The molecule has 0 radical (unpaired) electrons. The number of β-amino-alcohol motifs (C(OH)–C–C–N with tert-alkyl or cyclic N) is 1. The van der Waals surface area contributed by atoms with Crippen molar-refractivity contribution < 1.29 is 14.6 Å². The Morgan fingerprint density at radius 1 is 1.53 bits per heavy atom. The first-order chi connectivity index (χ1) is 9.08. The van der Waals surface area contributed by atoms with Gasteiger partial charge in [0.1, 0.15) is 0 Å². The van der Waals surface area contributed by atoms with Gasteiger partial charge in [0.2, 0.25) is 5.91 Å². The van der Waals surface area contributed by atoms with Crippen molar-refractivity contribution in [1.82, 2.24) is 10.6 Å². The maximum absolute atomic E-state index is 12.0. The van der Waals surface area contributed by atoms with Crippen molar-refractivity contribution in [2.75, 3.05) is 19.7 Å². The second-order valence-corrected chi connectivity index (χ2v) is 6.08. The summed E-state index contributed by atoms with van der Waals surface area (Å²) in [5, 5.41) is 15.5. The summed E-state index contributed by atoms with van der Waals surface area (Å²) in [7, 11) is 0. The van der Waals surface area contributed by atoms with Crippen LogP contribution in [0, 0.1) is 11.8 Å². The number of hydrogen-bond donors (Lipinski definition) is 3. The van der Waals surface area contributed by atoms with Gasteiger partial charge in [-0.05, 0) is 25.2 Å². The van der Waals surface area contributed by atoms with E-state index in [1.54, 1.807) is 0 Å². The van der Waals surface area contributed by atoms with Gasteiger partial charge in [-0.15, -0.1) is 0 Å². The molecule has 0 saturated carbocycles. The molecule has 19 heavy (non-hydrogen) atoms. The molecule has 5 nitrogen and oxygen atoms in total. The van der Waals surface area contributed by atoms with Crippen molar-refractivity contribution in [1.29, 1.82) is 0 Å². The smallest absolute Gasteiger partial charge is 0.237 e. The fourth-order valence-corrected chi connectivity index (χ4v) is 3.09. The lowest BCUT2D eigenvalue weighted by atomic mass is 9.87. The third kappa shape index (κ3) is 3.91. The maximum Gasteiger partial charge on any atom is 0.237 e. The molecule has 0 aromatic heterocycles. The number of hydrogen-bond acceptors (Lipinski definition) is 4. The third-order valence-corrected chi connectivity index (χ3v) is 4.11. The van der Waals surface area contributed by atoms with Crippen LogP contribution in [0.25, 0.3) is 0 Å². The molecule has 4 atom stereocenters. The molecule has 0 spiro atoms. The molecule has 2 fully saturated rings. The van der Waals surface area contributed by atoms with Crippen molar-refractivity contribution >= 4 is 5.91 Å². The van der Waals surface area contributed by atoms with Gasteiger partial charge in [0, 0.05) is 25.6 Å². The van der Waals surface area contributed by atoms with Gasteiger partial charge in [0.25, 0.3) is 0 Å². The molecule has 3 N–H and O–H groups in total. The zero-order valence-electron chi connectivity index (χ0n) is 11.9. The largest absolute Gasteiger partial charge is 0.392 e. The van der Waals surface area contributed by atoms with Gasteiger partial charge >= 0.3 is 0 Å². The molecule has 0 aliphatic carbocycles. The van der Waals surface area contributed by atoms with Crippen LogP contribution in [0.1, 0.15) is 33.1 Å². The fourth-order valence-electron chi connectivity index (χ4n) is 3.09. The van der Waals surface area contributed by atoms with Gasteiger partial charge in [-0.1, -0.05) is 13.8 Å². The first-order valence-electron chi connectivity index (χ1n) is 7.38. The molecule has 2 aliphatic rings. The lowest BCUT2D eigenvalue weighted by Gasteiger charge is -2.34. The van der Waals surface area contributed by atoms with Crippen LogP contribution < -0.4 is 10.6 Å². The average Bonchev–Trinajstić information content (AvgIpc) is 2.83. The topological polar surface area (TPSA) is 70.6 Å². The van der Waals surface area contributed by atoms with Gasteiger partial charge in [0.05, 0.1) is 18.2 Å². The van der Waals surface area contributed by atoms with Crippen molar-refractivity contribution in [2.45, 2.75) is 51.4 Å². The number of ether oxygens (including phenoxy) is 1.